The minimum absolute atomic E-state index is 0.0334. The van der Waals surface area contributed by atoms with Gasteiger partial charge in [-0.3, -0.25) is 0 Å². The first kappa shape index (κ1) is 14.6. The van der Waals surface area contributed by atoms with Crippen molar-refractivity contribution in [2.45, 2.75) is 6.54 Å². The number of aromatic nitrogens is 2. The average molecular weight is 307 g/mol. The number of hydrogen-bond donors (Lipinski definition) is 3. The first-order valence-corrected chi connectivity index (χ1v) is 6.81. The van der Waals surface area contributed by atoms with Gasteiger partial charge < -0.3 is 16.6 Å². The summed E-state index contributed by atoms with van der Waals surface area (Å²) >= 11 is 0. The van der Waals surface area contributed by atoms with Crippen molar-refractivity contribution < 1.29 is 9.90 Å². The number of nitrogens with two attached hydrogens (primary N) is 2. The highest BCUT2D eigenvalue weighted by Gasteiger charge is 2.17. The van der Waals surface area contributed by atoms with Crippen LogP contribution in [-0.2, 0) is 11.3 Å². The van der Waals surface area contributed by atoms with Gasteiger partial charge in [0.2, 0.25) is 12.0 Å². The van der Waals surface area contributed by atoms with Gasteiger partial charge in [0.15, 0.2) is 0 Å². The van der Waals surface area contributed by atoms with Gasteiger partial charge in [-0.05, 0) is 23.8 Å². The number of aromatic hydroxyl groups is 1. The quantitative estimate of drug-likeness (QED) is 0.501. The lowest BCUT2D eigenvalue weighted by atomic mass is 10.0. The number of fused-ring (bicyclic) bond motifs is 1. The third-order valence-electron chi connectivity index (χ3n) is 3.47. The van der Waals surface area contributed by atoms with Gasteiger partial charge >= 0.3 is 0 Å². The zero-order valence-electron chi connectivity index (χ0n) is 12.0. The highest BCUT2D eigenvalue weighted by atomic mass is 16.3. The molecule has 0 amide bonds. The molecule has 0 aliphatic rings. The molecule has 23 heavy (non-hydrogen) atoms. The van der Waals surface area contributed by atoms with Gasteiger partial charge in [-0.15, -0.1) is 0 Å². The smallest absolute Gasteiger partial charge is 0.240 e. The Bertz CT molecular complexity index is 949. The molecule has 0 saturated carbocycles. The second-order valence-corrected chi connectivity index (χ2v) is 4.82. The summed E-state index contributed by atoms with van der Waals surface area (Å²) in [6.07, 6.45) is 1.53. The van der Waals surface area contributed by atoms with Crippen LogP contribution in [0, 0.1) is 0 Å². The Morgan fingerprint density at radius 1 is 1.17 bits per heavy atom. The fraction of sp³-hybridized carbons (Fsp3) is 0.0625. The maximum Gasteiger partial charge on any atom is 0.240 e. The molecule has 2 aromatic carbocycles. The molecule has 114 valence electrons. The predicted octanol–water partition coefficient (Wildman–Crippen LogP) is 2.01. The highest BCUT2D eigenvalue weighted by Crippen LogP contribution is 2.39. The fourth-order valence-electron chi connectivity index (χ4n) is 2.48. The Morgan fingerprint density at radius 2 is 1.96 bits per heavy atom. The molecule has 0 aliphatic carbocycles. The van der Waals surface area contributed by atoms with E-state index in [0.29, 0.717) is 33.4 Å². The molecule has 3 rings (SSSR count). The minimum Gasteiger partial charge on any atom is -0.507 e. The molecule has 0 saturated heterocycles. The van der Waals surface area contributed by atoms with Crippen LogP contribution in [0.3, 0.4) is 0 Å². The standard InChI is InChI=1S/C16H13N5O2/c17-7-9-5-6-11-13(14(9)19-8-22)15(21-16(18)20-11)10-3-1-2-4-12(10)23/h1-6,23H,7,17H2,(H2,18,20,21). The zero-order valence-corrected chi connectivity index (χ0v) is 12.0. The number of nitrogens with zero attached hydrogens (tertiary/aromatic N) is 3. The maximum absolute atomic E-state index is 10.8. The first-order valence-electron chi connectivity index (χ1n) is 6.81. The third kappa shape index (κ3) is 2.50. The summed E-state index contributed by atoms with van der Waals surface area (Å²) in [5.41, 5.74) is 13.8. The van der Waals surface area contributed by atoms with E-state index < -0.39 is 0 Å². The van der Waals surface area contributed by atoms with Crippen molar-refractivity contribution in [2.75, 3.05) is 5.73 Å². The zero-order chi connectivity index (χ0) is 16.4. The monoisotopic (exact) mass is 307 g/mol. The molecule has 0 atom stereocenters. The fourth-order valence-corrected chi connectivity index (χ4v) is 2.48. The Labute approximate surface area is 131 Å². The molecular weight excluding hydrogens is 294 g/mol. The SMILES string of the molecule is NCc1ccc2nc(N)nc(-c3ccccc3O)c2c1N=C=O. The lowest BCUT2D eigenvalue weighted by molar-refractivity contribution is 0.477. The molecule has 3 aromatic rings. The van der Waals surface area contributed by atoms with Crippen molar-refractivity contribution in [3.05, 3.63) is 42.0 Å². The summed E-state index contributed by atoms with van der Waals surface area (Å²) in [5, 5.41) is 10.6. The summed E-state index contributed by atoms with van der Waals surface area (Å²) in [6, 6.07) is 10.1. The van der Waals surface area contributed by atoms with Crippen molar-refractivity contribution in [1.29, 1.82) is 0 Å². The lowest BCUT2D eigenvalue weighted by Gasteiger charge is -2.12. The van der Waals surface area contributed by atoms with Crippen LogP contribution in [0.1, 0.15) is 5.56 Å². The molecule has 1 heterocycles. The molecule has 5 N–H and O–H groups in total. The molecule has 0 unspecified atom stereocenters. The van der Waals surface area contributed by atoms with Crippen LogP contribution >= 0.6 is 0 Å². The van der Waals surface area contributed by atoms with Crippen LogP contribution in [0.15, 0.2) is 41.4 Å². The first-order chi connectivity index (χ1) is 11.2. The maximum atomic E-state index is 10.8. The normalized spacial score (nSPS) is 10.5. The third-order valence-corrected chi connectivity index (χ3v) is 3.47. The number of phenols is 1. The predicted molar refractivity (Wildman–Crippen MR) is 86.7 cm³/mol. The van der Waals surface area contributed by atoms with Crippen LogP contribution in [0.25, 0.3) is 22.2 Å². The summed E-state index contributed by atoms with van der Waals surface area (Å²) in [4.78, 5) is 23.0. The van der Waals surface area contributed by atoms with Gasteiger partial charge in [-0.25, -0.2) is 14.8 Å². The number of isocyanates is 1. The molecule has 0 radical (unpaired) electrons. The molecule has 0 fully saturated rings. The molecular formula is C16H13N5O2. The second kappa shape index (κ2) is 5.84. The molecule has 7 nitrogen and oxygen atoms in total. The van der Waals surface area contributed by atoms with E-state index in [0.717, 1.165) is 0 Å². The van der Waals surface area contributed by atoms with E-state index in [4.69, 9.17) is 11.5 Å². The Balaban J connectivity index is 2.50. The highest BCUT2D eigenvalue weighted by molar-refractivity contribution is 6.03. The number of hydrogen-bond acceptors (Lipinski definition) is 7. The van der Waals surface area contributed by atoms with Crippen molar-refractivity contribution in [2.24, 2.45) is 10.7 Å². The molecule has 1 aromatic heterocycles. The van der Waals surface area contributed by atoms with Gasteiger partial charge in [0.05, 0.1) is 22.3 Å². The largest absolute Gasteiger partial charge is 0.507 e. The molecule has 0 bridgehead atoms. The number of para-hydroxylation sites is 1. The summed E-state index contributed by atoms with van der Waals surface area (Å²) < 4.78 is 0. The van der Waals surface area contributed by atoms with E-state index >= 15 is 0 Å². The van der Waals surface area contributed by atoms with E-state index in [1.807, 2.05) is 0 Å². The summed E-state index contributed by atoms with van der Waals surface area (Å²) in [7, 11) is 0. The summed E-state index contributed by atoms with van der Waals surface area (Å²) in [5.74, 6) is 0.0865. The van der Waals surface area contributed by atoms with Crippen LogP contribution in [0.4, 0.5) is 11.6 Å². The van der Waals surface area contributed by atoms with E-state index in [1.54, 1.807) is 30.3 Å². The van der Waals surface area contributed by atoms with Crippen molar-refractivity contribution in [3.8, 4) is 17.0 Å². The summed E-state index contributed by atoms with van der Waals surface area (Å²) in [6.45, 7) is 0.182. The topological polar surface area (TPSA) is 127 Å². The molecule has 0 spiro atoms. The number of nitrogen functional groups attached to an aromatic ring is 1. The van der Waals surface area contributed by atoms with Crippen molar-refractivity contribution >= 4 is 28.6 Å². The second-order valence-electron chi connectivity index (χ2n) is 4.82. The Hall–Kier alpha value is -3.28. The number of aliphatic imine (C=N–C) groups is 1. The van der Waals surface area contributed by atoms with Gasteiger partial charge in [0.1, 0.15) is 5.75 Å². The van der Waals surface area contributed by atoms with Crippen molar-refractivity contribution in [1.82, 2.24) is 9.97 Å². The van der Waals surface area contributed by atoms with Gasteiger partial charge in [0, 0.05) is 12.1 Å². The number of rotatable bonds is 3. The number of carbonyl (C=O) groups excluding carboxylic acids is 1. The number of anilines is 1. The van der Waals surface area contributed by atoms with E-state index in [2.05, 4.69) is 15.0 Å². The van der Waals surface area contributed by atoms with Crippen LogP contribution in [0.5, 0.6) is 5.75 Å². The molecule has 0 aliphatic heterocycles. The van der Waals surface area contributed by atoms with Gasteiger partial charge in [-0.2, -0.15) is 4.99 Å². The van der Waals surface area contributed by atoms with Gasteiger partial charge in [-0.1, -0.05) is 18.2 Å². The van der Waals surface area contributed by atoms with E-state index in [1.165, 1.54) is 12.1 Å². The number of phenolic OH excluding ortho intramolecular Hbond substituents is 1. The lowest BCUT2D eigenvalue weighted by Crippen LogP contribution is -2.01. The van der Waals surface area contributed by atoms with Crippen molar-refractivity contribution in [3.63, 3.8) is 0 Å². The van der Waals surface area contributed by atoms with Crippen LogP contribution in [0.2, 0.25) is 0 Å². The van der Waals surface area contributed by atoms with E-state index in [-0.39, 0.29) is 18.2 Å². The van der Waals surface area contributed by atoms with Crippen LogP contribution in [-0.4, -0.2) is 21.2 Å². The molecule has 7 heteroatoms. The number of benzene rings is 2. The van der Waals surface area contributed by atoms with Gasteiger partial charge in [0.25, 0.3) is 0 Å². The van der Waals surface area contributed by atoms with Crippen LogP contribution < -0.4 is 11.5 Å². The van der Waals surface area contributed by atoms with E-state index in [9.17, 15) is 9.90 Å². The Kier molecular flexibility index (Phi) is 3.72. The average Bonchev–Trinajstić information content (AvgIpc) is 2.55. The Morgan fingerprint density at radius 3 is 2.65 bits per heavy atom. The minimum atomic E-state index is 0.0334.